The molecule has 0 aliphatic rings. The third-order valence-electron chi connectivity index (χ3n) is 2.70. The number of carbonyl (C=O) groups excluding carboxylic acids is 3. The molecule has 0 saturated heterocycles. The summed E-state index contributed by atoms with van der Waals surface area (Å²) in [6.07, 6.45) is -1.39. The van der Waals surface area contributed by atoms with Gasteiger partial charge in [-0.1, -0.05) is 22.0 Å². The number of rotatable bonds is 7. The Hall–Kier alpha value is -2.29. The summed E-state index contributed by atoms with van der Waals surface area (Å²) in [6, 6.07) is 7.06. The molecule has 24 heavy (non-hydrogen) atoms. The minimum atomic E-state index is -0.794. The van der Waals surface area contributed by atoms with Crippen LogP contribution in [0.3, 0.4) is 0 Å². The predicted octanol–water partition coefficient (Wildman–Crippen LogP) is 1.50. The summed E-state index contributed by atoms with van der Waals surface area (Å²) in [5.74, 6) is -0.423. The van der Waals surface area contributed by atoms with Gasteiger partial charge in [0.2, 0.25) is 5.91 Å². The molecular weight excluding hydrogens is 382 g/mol. The highest BCUT2D eigenvalue weighted by atomic mass is 79.9. The van der Waals surface area contributed by atoms with E-state index in [0.29, 0.717) is 5.75 Å². The second-order valence-electron chi connectivity index (χ2n) is 4.65. The molecule has 132 valence electrons. The largest absolute Gasteiger partial charge is 0.481 e. The van der Waals surface area contributed by atoms with Crippen molar-refractivity contribution < 1.29 is 23.9 Å². The van der Waals surface area contributed by atoms with Crippen molar-refractivity contribution in [2.24, 2.45) is 0 Å². The third kappa shape index (κ3) is 7.82. The number of alkyl carbamates (subject to hydrolysis) is 1. The second kappa shape index (κ2) is 10.5. The fraction of sp³-hybridized carbons (Fsp3) is 0.400. The first-order valence-electron chi connectivity index (χ1n) is 7.34. The van der Waals surface area contributed by atoms with Crippen molar-refractivity contribution in [3.63, 3.8) is 0 Å². The molecule has 9 heteroatoms. The van der Waals surface area contributed by atoms with Gasteiger partial charge in [-0.2, -0.15) is 0 Å². The molecule has 1 aromatic carbocycles. The molecule has 0 aliphatic heterocycles. The molecule has 0 heterocycles. The number of hydrogen-bond acceptors (Lipinski definition) is 5. The Balaban J connectivity index is 2.26. The molecule has 0 radical (unpaired) electrons. The van der Waals surface area contributed by atoms with Crippen LogP contribution in [0.15, 0.2) is 28.7 Å². The number of amides is 3. The van der Waals surface area contributed by atoms with Crippen molar-refractivity contribution in [3.8, 4) is 5.75 Å². The zero-order chi connectivity index (χ0) is 17.9. The van der Waals surface area contributed by atoms with Gasteiger partial charge in [-0.25, -0.2) is 4.79 Å². The van der Waals surface area contributed by atoms with Gasteiger partial charge in [-0.15, -0.1) is 0 Å². The van der Waals surface area contributed by atoms with Crippen molar-refractivity contribution in [2.75, 3.05) is 13.2 Å². The summed E-state index contributed by atoms with van der Waals surface area (Å²) in [5, 5.41) is 2.40. The third-order valence-corrected chi connectivity index (χ3v) is 3.19. The molecule has 3 N–H and O–H groups in total. The molecule has 1 rings (SSSR count). The predicted molar refractivity (Wildman–Crippen MR) is 90.2 cm³/mol. The SMILES string of the molecule is CCOC(=O)NCCC(=O)NNC(=O)C(C)Oc1cccc(Br)c1. The molecular formula is C15H20BrN3O5. The van der Waals surface area contributed by atoms with Gasteiger partial charge in [0, 0.05) is 17.4 Å². The van der Waals surface area contributed by atoms with Crippen LogP contribution in [0.1, 0.15) is 20.3 Å². The first-order valence-corrected chi connectivity index (χ1v) is 8.13. The summed E-state index contributed by atoms with van der Waals surface area (Å²) >= 11 is 3.31. The first kappa shape index (κ1) is 19.8. The van der Waals surface area contributed by atoms with Gasteiger partial charge in [0.25, 0.3) is 5.91 Å². The van der Waals surface area contributed by atoms with Crippen LogP contribution >= 0.6 is 15.9 Å². The minimum absolute atomic E-state index is 0.0000353. The maximum atomic E-state index is 11.9. The topological polar surface area (TPSA) is 106 Å². The Morgan fingerprint density at radius 1 is 1.25 bits per heavy atom. The van der Waals surface area contributed by atoms with Gasteiger partial charge in [0.05, 0.1) is 6.61 Å². The molecule has 3 amide bonds. The van der Waals surface area contributed by atoms with Crippen LogP contribution in [-0.4, -0.2) is 37.2 Å². The van der Waals surface area contributed by atoms with E-state index in [0.717, 1.165) is 4.47 Å². The number of nitrogens with one attached hydrogen (secondary N) is 3. The van der Waals surface area contributed by atoms with Crippen molar-refractivity contribution >= 4 is 33.8 Å². The second-order valence-corrected chi connectivity index (χ2v) is 5.57. The zero-order valence-electron chi connectivity index (χ0n) is 13.4. The van der Waals surface area contributed by atoms with Crippen molar-refractivity contribution in [1.29, 1.82) is 0 Å². The monoisotopic (exact) mass is 401 g/mol. The van der Waals surface area contributed by atoms with Crippen molar-refractivity contribution in [3.05, 3.63) is 28.7 Å². The lowest BCUT2D eigenvalue weighted by Gasteiger charge is -2.15. The molecule has 0 bridgehead atoms. The number of benzene rings is 1. The zero-order valence-corrected chi connectivity index (χ0v) is 15.0. The van der Waals surface area contributed by atoms with Crippen LogP contribution in [-0.2, 0) is 14.3 Å². The smallest absolute Gasteiger partial charge is 0.407 e. The standard InChI is InChI=1S/C15H20BrN3O5/c1-3-23-15(22)17-8-7-13(20)18-19-14(21)10(2)24-12-6-4-5-11(16)9-12/h4-6,9-10H,3,7-8H2,1-2H3,(H,17,22)(H,18,20)(H,19,21). The number of hydrazine groups is 1. The van der Waals surface area contributed by atoms with E-state index in [4.69, 9.17) is 4.74 Å². The maximum absolute atomic E-state index is 11.9. The summed E-state index contributed by atoms with van der Waals surface area (Å²) in [7, 11) is 0. The molecule has 0 fully saturated rings. The van der Waals surface area contributed by atoms with E-state index < -0.39 is 24.0 Å². The number of hydrogen-bond donors (Lipinski definition) is 3. The lowest BCUT2D eigenvalue weighted by atomic mass is 10.3. The highest BCUT2D eigenvalue weighted by Crippen LogP contribution is 2.18. The van der Waals surface area contributed by atoms with E-state index >= 15 is 0 Å². The Bertz CT molecular complexity index is 582. The van der Waals surface area contributed by atoms with Crippen LogP contribution in [0, 0.1) is 0 Å². The van der Waals surface area contributed by atoms with Gasteiger partial charge in [0.15, 0.2) is 6.10 Å². The van der Waals surface area contributed by atoms with Crippen LogP contribution in [0.5, 0.6) is 5.75 Å². The van der Waals surface area contributed by atoms with Gasteiger partial charge < -0.3 is 14.8 Å². The Morgan fingerprint density at radius 2 is 2.00 bits per heavy atom. The van der Waals surface area contributed by atoms with E-state index in [2.05, 4.69) is 36.8 Å². The average molecular weight is 402 g/mol. The average Bonchev–Trinajstić information content (AvgIpc) is 2.52. The highest BCUT2D eigenvalue weighted by molar-refractivity contribution is 9.10. The van der Waals surface area contributed by atoms with Gasteiger partial charge in [0.1, 0.15) is 5.75 Å². The molecule has 1 aromatic rings. The van der Waals surface area contributed by atoms with E-state index in [1.54, 1.807) is 32.0 Å². The van der Waals surface area contributed by atoms with E-state index in [-0.39, 0.29) is 19.6 Å². The lowest BCUT2D eigenvalue weighted by Crippen LogP contribution is -2.47. The van der Waals surface area contributed by atoms with Crippen molar-refractivity contribution in [1.82, 2.24) is 16.2 Å². The minimum Gasteiger partial charge on any atom is -0.481 e. The maximum Gasteiger partial charge on any atom is 0.407 e. The highest BCUT2D eigenvalue weighted by Gasteiger charge is 2.15. The summed E-state index contributed by atoms with van der Waals surface area (Å²) < 4.78 is 10.9. The lowest BCUT2D eigenvalue weighted by molar-refractivity contribution is -0.132. The first-order chi connectivity index (χ1) is 11.4. The molecule has 0 aliphatic carbocycles. The summed E-state index contributed by atoms with van der Waals surface area (Å²) in [6.45, 7) is 3.60. The Morgan fingerprint density at radius 3 is 2.67 bits per heavy atom. The Labute approximate surface area is 148 Å². The molecule has 1 unspecified atom stereocenters. The molecule has 0 saturated carbocycles. The van der Waals surface area contributed by atoms with Crippen LogP contribution < -0.4 is 20.9 Å². The molecule has 1 atom stereocenters. The van der Waals surface area contributed by atoms with Crippen LogP contribution in [0.2, 0.25) is 0 Å². The molecule has 0 spiro atoms. The number of carbonyl (C=O) groups is 3. The fourth-order valence-corrected chi connectivity index (χ4v) is 1.93. The van der Waals surface area contributed by atoms with Gasteiger partial charge in [-0.05, 0) is 32.0 Å². The van der Waals surface area contributed by atoms with E-state index in [9.17, 15) is 14.4 Å². The van der Waals surface area contributed by atoms with Gasteiger partial charge >= 0.3 is 6.09 Å². The Kier molecular flexibility index (Phi) is 8.63. The molecule has 8 nitrogen and oxygen atoms in total. The van der Waals surface area contributed by atoms with Crippen LogP contribution in [0.4, 0.5) is 4.79 Å². The van der Waals surface area contributed by atoms with Crippen molar-refractivity contribution in [2.45, 2.75) is 26.4 Å². The molecule has 0 aromatic heterocycles. The van der Waals surface area contributed by atoms with E-state index in [1.807, 2.05) is 6.07 Å². The number of ether oxygens (including phenoxy) is 2. The number of halogens is 1. The summed E-state index contributed by atoms with van der Waals surface area (Å²) in [5.41, 5.74) is 4.51. The van der Waals surface area contributed by atoms with Gasteiger partial charge in [-0.3, -0.25) is 20.4 Å². The normalized spacial score (nSPS) is 11.1. The van der Waals surface area contributed by atoms with Crippen LogP contribution in [0.25, 0.3) is 0 Å². The quantitative estimate of drug-likeness (QED) is 0.600. The summed E-state index contributed by atoms with van der Waals surface area (Å²) in [4.78, 5) is 34.4. The van der Waals surface area contributed by atoms with E-state index in [1.165, 1.54) is 0 Å². The fourth-order valence-electron chi connectivity index (χ4n) is 1.55.